The number of hydrogen-bond donors (Lipinski definition) is 0. The van der Waals surface area contributed by atoms with Crippen molar-refractivity contribution in [1.29, 1.82) is 0 Å². The molecule has 4 heterocycles. The fourth-order valence-corrected chi connectivity index (χ4v) is 11.0. The van der Waals surface area contributed by atoms with Crippen LogP contribution < -0.4 is 4.90 Å². The molecular formula is C48H32N2O2S2. The predicted molar refractivity (Wildman–Crippen MR) is 225 cm³/mol. The van der Waals surface area contributed by atoms with E-state index in [0.29, 0.717) is 9.79 Å². The molecule has 10 aromatic rings. The maximum Gasteiger partial charge on any atom is 0.207 e. The number of fused-ring (bicyclic) bond motifs is 9. The number of aromatic nitrogens is 1. The molecule has 0 aliphatic carbocycles. The Balaban J connectivity index is 1.01. The summed E-state index contributed by atoms with van der Waals surface area (Å²) in [5.74, 6) is 0. The number of aryl methyl sites for hydroxylation is 2. The quantitative estimate of drug-likeness (QED) is 0.177. The Morgan fingerprint density at radius 2 is 1.02 bits per heavy atom. The molecule has 0 saturated heterocycles. The van der Waals surface area contributed by atoms with Crippen LogP contribution in [0.15, 0.2) is 167 Å². The van der Waals surface area contributed by atoms with E-state index >= 15 is 0 Å². The molecule has 1 aliphatic rings. The lowest BCUT2D eigenvalue weighted by atomic mass is 9.95. The van der Waals surface area contributed by atoms with E-state index in [9.17, 15) is 8.42 Å². The minimum atomic E-state index is -3.65. The number of hydrogen-bond acceptors (Lipinski definition) is 4. The average molecular weight is 733 g/mol. The van der Waals surface area contributed by atoms with Gasteiger partial charge in [-0.2, -0.15) is 0 Å². The number of nitrogens with zero attached hydrogens (tertiary/aromatic N) is 2. The van der Waals surface area contributed by atoms with Crippen LogP contribution in [-0.2, 0) is 9.84 Å². The Bertz CT molecular complexity index is 3180. The van der Waals surface area contributed by atoms with E-state index in [0.717, 1.165) is 50.4 Å². The second-order valence-electron chi connectivity index (χ2n) is 14.4. The first-order chi connectivity index (χ1) is 26.3. The minimum Gasteiger partial charge on any atom is -0.311 e. The molecule has 7 aromatic carbocycles. The smallest absolute Gasteiger partial charge is 0.207 e. The molecule has 0 atom stereocenters. The third kappa shape index (κ3) is 4.51. The lowest BCUT2D eigenvalue weighted by molar-refractivity contribution is 0.598. The molecule has 0 fully saturated rings. The molecule has 0 saturated carbocycles. The van der Waals surface area contributed by atoms with Crippen LogP contribution in [0.2, 0.25) is 0 Å². The number of sulfone groups is 1. The van der Waals surface area contributed by atoms with E-state index in [-0.39, 0.29) is 0 Å². The Morgan fingerprint density at radius 1 is 0.500 bits per heavy atom. The van der Waals surface area contributed by atoms with Crippen LogP contribution in [0.1, 0.15) is 11.1 Å². The highest BCUT2D eigenvalue weighted by atomic mass is 32.2. The molecule has 11 rings (SSSR count). The number of anilines is 3. The Hall–Kier alpha value is -6.21. The molecule has 0 N–H and O–H groups in total. The second-order valence-corrected chi connectivity index (χ2v) is 17.2. The second kappa shape index (κ2) is 11.4. The van der Waals surface area contributed by atoms with Crippen molar-refractivity contribution in [2.45, 2.75) is 23.6 Å². The van der Waals surface area contributed by atoms with Crippen LogP contribution >= 0.6 is 11.3 Å². The van der Waals surface area contributed by atoms with E-state index in [1.54, 1.807) is 23.5 Å². The molecule has 6 heteroatoms. The van der Waals surface area contributed by atoms with Gasteiger partial charge in [-0.1, -0.05) is 77.9 Å². The van der Waals surface area contributed by atoms with Crippen molar-refractivity contribution in [3.63, 3.8) is 0 Å². The first-order valence-electron chi connectivity index (χ1n) is 18.1. The van der Waals surface area contributed by atoms with Gasteiger partial charge in [-0.3, -0.25) is 4.40 Å². The fourth-order valence-electron chi connectivity index (χ4n) is 8.42. The third-order valence-electron chi connectivity index (χ3n) is 11.1. The summed E-state index contributed by atoms with van der Waals surface area (Å²) in [6.07, 6.45) is 0. The highest BCUT2D eigenvalue weighted by Crippen LogP contribution is 2.48. The van der Waals surface area contributed by atoms with Crippen LogP contribution in [0.5, 0.6) is 0 Å². The molecule has 0 radical (unpaired) electrons. The van der Waals surface area contributed by atoms with Crippen molar-refractivity contribution in [3.8, 4) is 33.4 Å². The summed E-state index contributed by atoms with van der Waals surface area (Å²) in [5.41, 5.74) is 13.7. The van der Waals surface area contributed by atoms with Crippen LogP contribution in [0, 0.1) is 13.8 Å². The van der Waals surface area contributed by atoms with Crippen LogP contribution in [0.4, 0.5) is 17.1 Å². The first-order valence-corrected chi connectivity index (χ1v) is 20.4. The zero-order valence-electron chi connectivity index (χ0n) is 29.5. The summed E-state index contributed by atoms with van der Waals surface area (Å²) in [6, 6.07) is 52.6. The van der Waals surface area contributed by atoms with Crippen molar-refractivity contribution in [2.24, 2.45) is 0 Å². The molecule has 258 valence electrons. The minimum absolute atomic E-state index is 0.361. The van der Waals surface area contributed by atoms with Crippen molar-refractivity contribution < 1.29 is 8.42 Å². The zero-order valence-corrected chi connectivity index (χ0v) is 31.2. The van der Waals surface area contributed by atoms with Gasteiger partial charge >= 0.3 is 0 Å². The number of rotatable bonds is 5. The normalized spacial score (nSPS) is 13.3. The van der Waals surface area contributed by atoms with E-state index in [2.05, 4.69) is 150 Å². The van der Waals surface area contributed by atoms with Gasteiger partial charge in [-0.05, 0) is 126 Å². The molecule has 0 bridgehead atoms. The molecule has 1 aliphatic heterocycles. The average Bonchev–Trinajstić information content (AvgIpc) is 3.94. The van der Waals surface area contributed by atoms with Crippen molar-refractivity contribution >= 4 is 75.6 Å². The van der Waals surface area contributed by atoms with Crippen LogP contribution in [-0.4, -0.2) is 12.8 Å². The number of benzene rings is 7. The summed E-state index contributed by atoms with van der Waals surface area (Å²) >= 11 is 1.77. The lowest BCUT2D eigenvalue weighted by Gasteiger charge is -2.26. The van der Waals surface area contributed by atoms with Gasteiger partial charge < -0.3 is 4.90 Å². The SMILES string of the molecule is Cc1ccc(N(c2ccc(C)cc2)c2ccc(-c3ccc4c(c3)-c3cc(-c5cc6c7ccccc7n7c8sccc8c(c5)c67)ccc3S4(=O)=O)cc2)cc1. The van der Waals surface area contributed by atoms with Gasteiger partial charge in [-0.15, -0.1) is 11.3 Å². The molecule has 3 aromatic heterocycles. The fraction of sp³-hybridized carbons (Fsp3) is 0.0417. The Kier molecular flexibility index (Phi) is 6.61. The molecule has 0 amide bonds. The highest BCUT2D eigenvalue weighted by Gasteiger charge is 2.33. The van der Waals surface area contributed by atoms with E-state index in [4.69, 9.17) is 0 Å². The molecular weight excluding hydrogens is 701 g/mol. The van der Waals surface area contributed by atoms with Crippen LogP contribution in [0.25, 0.3) is 70.8 Å². The predicted octanol–water partition coefficient (Wildman–Crippen LogP) is 13.1. The first kappa shape index (κ1) is 31.3. The molecule has 0 spiro atoms. The van der Waals surface area contributed by atoms with E-state index < -0.39 is 9.84 Å². The summed E-state index contributed by atoms with van der Waals surface area (Å²) in [7, 11) is -3.65. The molecule has 4 nitrogen and oxygen atoms in total. The van der Waals surface area contributed by atoms with Crippen molar-refractivity contribution in [1.82, 2.24) is 4.40 Å². The summed E-state index contributed by atoms with van der Waals surface area (Å²) in [4.78, 5) is 4.24. The van der Waals surface area contributed by atoms with E-state index in [1.807, 2.05) is 18.2 Å². The summed E-state index contributed by atoms with van der Waals surface area (Å²) in [6.45, 7) is 4.20. The Labute approximate surface area is 317 Å². The molecule has 0 unspecified atom stereocenters. The summed E-state index contributed by atoms with van der Waals surface area (Å²) < 4.78 is 30.2. The Morgan fingerprint density at radius 3 is 1.63 bits per heavy atom. The zero-order chi connectivity index (χ0) is 36.3. The monoisotopic (exact) mass is 732 g/mol. The number of thiophene rings is 1. The highest BCUT2D eigenvalue weighted by molar-refractivity contribution is 7.92. The lowest BCUT2D eigenvalue weighted by Crippen LogP contribution is -2.09. The summed E-state index contributed by atoms with van der Waals surface area (Å²) in [5, 5.41) is 7.06. The van der Waals surface area contributed by atoms with Gasteiger partial charge in [0.1, 0.15) is 4.83 Å². The maximum absolute atomic E-state index is 13.9. The topological polar surface area (TPSA) is 41.8 Å². The maximum atomic E-state index is 13.9. The van der Waals surface area contributed by atoms with Gasteiger partial charge in [-0.25, -0.2) is 8.42 Å². The van der Waals surface area contributed by atoms with Gasteiger partial charge in [0, 0.05) is 49.7 Å². The van der Waals surface area contributed by atoms with Gasteiger partial charge in [0.15, 0.2) is 0 Å². The van der Waals surface area contributed by atoms with Gasteiger partial charge in [0.25, 0.3) is 0 Å². The van der Waals surface area contributed by atoms with Crippen LogP contribution in [0.3, 0.4) is 0 Å². The number of para-hydroxylation sites is 1. The standard InChI is InChI=1S/C48H32N2O2S2/c1-29-7-15-35(16-8-29)49(36-17-9-30(2)10-18-36)37-19-11-31(12-20-37)32-13-21-45-40(25-32)41-26-33(14-22-46(41)54(45,51)52)34-27-42-38-5-3-4-6-44(38)50-47(42)43(28-34)39-23-24-53-48(39)50/h3-28H,1-2H3. The van der Waals surface area contributed by atoms with E-state index in [1.165, 1.54) is 48.5 Å². The van der Waals surface area contributed by atoms with Crippen molar-refractivity contribution in [3.05, 3.63) is 168 Å². The molecule has 54 heavy (non-hydrogen) atoms. The van der Waals surface area contributed by atoms with Gasteiger partial charge in [0.05, 0.1) is 20.8 Å². The largest absolute Gasteiger partial charge is 0.311 e. The van der Waals surface area contributed by atoms with Gasteiger partial charge in [0.2, 0.25) is 9.84 Å². The van der Waals surface area contributed by atoms with Crippen molar-refractivity contribution in [2.75, 3.05) is 4.90 Å². The third-order valence-corrected chi connectivity index (χ3v) is 13.9.